The molecule has 1 aromatic rings. The smallest absolute Gasteiger partial charge is 0.131 e. The fraction of sp³-hybridized carbons (Fsp3) is 0.733. The minimum Gasteiger partial charge on any atom is -0.390 e. The molecule has 0 radical (unpaired) electrons. The zero-order valence-electron chi connectivity index (χ0n) is 12.7. The lowest BCUT2D eigenvalue weighted by Gasteiger charge is -2.27. The molecule has 0 aliphatic carbocycles. The third-order valence-electron chi connectivity index (χ3n) is 3.70. The van der Waals surface area contributed by atoms with Crippen LogP contribution in [-0.2, 0) is 11.3 Å². The Kier molecular flexibility index (Phi) is 5.31. The number of aliphatic hydroxyl groups is 1. The van der Waals surface area contributed by atoms with E-state index in [9.17, 15) is 5.11 Å². The van der Waals surface area contributed by atoms with Gasteiger partial charge >= 0.3 is 0 Å². The van der Waals surface area contributed by atoms with E-state index in [2.05, 4.69) is 35.6 Å². The quantitative estimate of drug-likeness (QED) is 0.864. The molecule has 1 aliphatic rings. The molecule has 1 aliphatic heterocycles. The highest BCUT2D eigenvalue weighted by Gasteiger charge is 2.21. The first-order valence-corrected chi connectivity index (χ1v) is 7.48. The fourth-order valence-corrected chi connectivity index (χ4v) is 2.52. The van der Waals surface area contributed by atoms with E-state index in [4.69, 9.17) is 4.74 Å². The van der Waals surface area contributed by atoms with E-state index in [0.29, 0.717) is 5.69 Å². The minimum absolute atomic E-state index is 0.0560. The number of rotatable bonds is 6. The number of hydrogen-bond donors (Lipinski definition) is 1. The van der Waals surface area contributed by atoms with Gasteiger partial charge in [0.2, 0.25) is 0 Å². The topological polar surface area (TPSA) is 58.5 Å². The van der Waals surface area contributed by atoms with E-state index in [1.165, 1.54) is 0 Å². The molecule has 1 atom stereocenters. The van der Waals surface area contributed by atoms with Crippen molar-refractivity contribution in [1.82, 2.24) is 9.97 Å². The van der Waals surface area contributed by atoms with E-state index in [0.717, 1.165) is 44.0 Å². The van der Waals surface area contributed by atoms with Crippen LogP contribution in [0.4, 0.5) is 5.69 Å². The maximum atomic E-state index is 9.58. The van der Waals surface area contributed by atoms with Crippen molar-refractivity contribution in [2.24, 2.45) is 0 Å². The Hall–Kier alpha value is -1.20. The number of anilines is 1. The summed E-state index contributed by atoms with van der Waals surface area (Å²) in [6, 6.07) is 0. The molecule has 1 saturated heterocycles. The Labute approximate surface area is 121 Å². The Bertz CT molecular complexity index is 431. The molecule has 1 fully saturated rings. The maximum Gasteiger partial charge on any atom is 0.131 e. The van der Waals surface area contributed by atoms with Crippen LogP contribution in [0.25, 0.3) is 0 Å². The first-order chi connectivity index (χ1) is 9.65. The molecule has 1 aromatic heterocycles. The van der Waals surface area contributed by atoms with Crippen molar-refractivity contribution in [3.05, 3.63) is 17.7 Å². The molecule has 0 bridgehead atoms. The van der Waals surface area contributed by atoms with Crippen LogP contribution < -0.4 is 4.90 Å². The number of nitrogens with zero attached hydrogens (tertiary/aromatic N) is 3. The third kappa shape index (κ3) is 3.46. The molecule has 20 heavy (non-hydrogen) atoms. The summed E-state index contributed by atoms with van der Waals surface area (Å²) < 4.78 is 5.70. The van der Waals surface area contributed by atoms with Crippen LogP contribution in [0.15, 0.2) is 6.20 Å². The van der Waals surface area contributed by atoms with Crippen LogP contribution in [0.2, 0.25) is 0 Å². The van der Waals surface area contributed by atoms with Gasteiger partial charge in [0.05, 0.1) is 30.3 Å². The lowest BCUT2D eigenvalue weighted by atomic mass is 10.2. The van der Waals surface area contributed by atoms with Crippen LogP contribution >= 0.6 is 0 Å². The predicted molar refractivity (Wildman–Crippen MR) is 78.9 cm³/mol. The molecule has 2 heterocycles. The number of ether oxygens (including phenoxy) is 1. The van der Waals surface area contributed by atoms with E-state index < -0.39 is 0 Å². The molecule has 2 rings (SSSR count). The molecule has 1 N–H and O–H groups in total. The summed E-state index contributed by atoms with van der Waals surface area (Å²) >= 11 is 0. The Morgan fingerprint density at radius 1 is 1.50 bits per heavy atom. The number of aromatic nitrogens is 2. The molecule has 0 spiro atoms. The second-order valence-electron chi connectivity index (χ2n) is 5.55. The van der Waals surface area contributed by atoms with E-state index in [1.807, 2.05) is 6.20 Å². The Balaban J connectivity index is 2.19. The lowest BCUT2D eigenvalue weighted by molar-refractivity contribution is 0.115. The summed E-state index contributed by atoms with van der Waals surface area (Å²) in [5.41, 5.74) is 1.64. The van der Waals surface area contributed by atoms with Gasteiger partial charge in [-0.1, -0.05) is 13.8 Å². The average molecular weight is 279 g/mol. The van der Waals surface area contributed by atoms with Crippen LogP contribution in [0.1, 0.15) is 51.0 Å². The van der Waals surface area contributed by atoms with Gasteiger partial charge in [0.15, 0.2) is 0 Å². The Morgan fingerprint density at radius 3 is 2.85 bits per heavy atom. The summed E-state index contributed by atoms with van der Waals surface area (Å²) in [6.45, 7) is 8.72. The van der Waals surface area contributed by atoms with E-state index in [1.54, 1.807) is 0 Å². The first kappa shape index (κ1) is 15.2. The normalized spacial score (nSPS) is 18.8. The fourth-order valence-electron chi connectivity index (χ4n) is 2.52. The van der Waals surface area contributed by atoms with Crippen molar-refractivity contribution in [3.63, 3.8) is 0 Å². The van der Waals surface area contributed by atoms with Crippen molar-refractivity contribution < 1.29 is 9.84 Å². The standard InChI is InChI=1S/C15H25N3O2/c1-4-18(9-12-6-5-7-20-12)14-8-16-15(11(2)3)17-13(14)10-19/h8,11-12,19H,4-7,9-10H2,1-3H3. The van der Waals surface area contributed by atoms with Gasteiger partial charge in [-0.05, 0) is 19.8 Å². The molecule has 0 amide bonds. The highest BCUT2D eigenvalue weighted by Crippen LogP contribution is 2.23. The highest BCUT2D eigenvalue weighted by atomic mass is 16.5. The molecular weight excluding hydrogens is 254 g/mol. The van der Waals surface area contributed by atoms with Crippen molar-refractivity contribution in [1.29, 1.82) is 0 Å². The molecule has 112 valence electrons. The van der Waals surface area contributed by atoms with Gasteiger partial charge in [0.1, 0.15) is 5.82 Å². The Morgan fingerprint density at radius 2 is 2.30 bits per heavy atom. The zero-order chi connectivity index (χ0) is 14.5. The summed E-state index contributed by atoms with van der Waals surface area (Å²) in [6.07, 6.45) is 4.37. The molecule has 0 aromatic carbocycles. The van der Waals surface area contributed by atoms with Gasteiger partial charge in [0, 0.05) is 25.6 Å². The van der Waals surface area contributed by atoms with Gasteiger partial charge in [-0.15, -0.1) is 0 Å². The van der Waals surface area contributed by atoms with Crippen LogP contribution in [-0.4, -0.2) is 40.9 Å². The van der Waals surface area contributed by atoms with E-state index in [-0.39, 0.29) is 18.6 Å². The molecule has 1 unspecified atom stereocenters. The summed E-state index contributed by atoms with van der Waals surface area (Å²) in [5.74, 6) is 1.05. The van der Waals surface area contributed by atoms with Crippen molar-refractivity contribution in [2.45, 2.75) is 52.2 Å². The van der Waals surface area contributed by atoms with Gasteiger partial charge in [-0.25, -0.2) is 9.97 Å². The van der Waals surface area contributed by atoms with Gasteiger partial charge in [0.25, 0.3) is 0 Å². The second kappa shape index (κ2) is 6.99. The number of hydrogen-bond acceptors (Lipinski definition) is 5. The molecule has 5 heteroatoms. The average Bonchev–Trinajstić information content (AvgIpc) is 2.97. The summed E-state index contributed by atoms with van der Waals surface area (Å²) in [5, 5.41) is 9.58. The van der Waals surface area contributed by atoms with Crippen LogP contribution in [0.3, 0.4) is 0 Å². The van der Waals surface area contributed by atoms with Gasteiger partial charge in [-0.2, -0.15) is 0 Å². The SMILES string of the molecule is CCN(CC1CCCO1)c1cnc(C(C)C)nc1CO. The molecular formula is C15H25N3O2. The van der Waals surface area contributed by atoms with Crippen LogP contribution in [0, 0.1) is 0 Å². The summed E-state index contributed by atoms with van der Waals surface area (Å²) in [4.78, 5) is 11.1. The molecule has 5 nitrogen and oxygen atoms in total. The van der Waals surface area contributed by atoms with Gasteiger partial charge < -0.3 is 14.7 Å². The summed E-state index contributed by atoms with van der Waals surface area (Å²) in [7, 11) is 0. The minimum atomic E-state index is -0.0560. The first-order valence-electron chi connectivity index (χ1n) is 7.48. The van der Waals surface area contributed by atoms with Crippen molar-refractivity contribution in [3.8, 4) is 0 Å². The number of likely N-dealkylation sites (N-methyl/N-ethyl adjacent to an activating group) is 1. The zero-order valence-corrected chi connectivity index (χ0v) is 12.7. The molecule has 0 saturated carbocycles. The maximum absolute atomic E-state index is 9.58. The second-order valence-corrected chi connectivity index (χ2v) is 5.55. The van der Waals surface area contributed by atoms with Gasteiger partial charge in [-0.3, -0.25) is 0 Å². The largest absolute Gasteiger partial charge is 0.390 e. The monoisotopic (exact) mass is 279 g/mol. The van der Waals surface area contributed by atoms with E-state index >= 15 is 0 Å². The van der Waals surface area contributed by atoms with Crippen molar-refractivity contribution >= 4 is 5.69 Å². The number of aliphatic hydroxyl groups excluding tert-OH is 1. The van der Waals surface area contributed by atoms with Crippen LogP contribution in [0.5, 0.6) is 0 Å². The third-order valence-corrected chi connectivity index (χ3v) is 3.70. The predicted octanol–water partition coefficient (Wildman–Crippen LogP) is 2.10. The van der Waals surface area contributed by atoms with Crippen molar-refractivity contribution in [2.75, 3.05) is 24.6 Å². The lowest BCUT2D eigenvalue weighted by Crippen LogP contribution is -2.33. The highest BCUT2D eigenvalue weighted by molar-refractivity contribution is 5.49.